The largest absolute Gasteiger partial charge is 0.368 e. The molecule has 1 atom stereocenters. The van der Waals surface area contributed by atoms with Gasteiger partial charge in [-0.2, -0.15) is 4.31 Å². The van der Waals surface area contributed by atoms with E-state index in [1.807, 2.05) is 43.0 Å². The Morgan fingerprint density at radius 2 is 1.60 bits per heavy atom. The summed E-state index contributed by atoms with van der Waals surface area (Å²) < 4.78 is 28.0. The Bertz CT molecular complexity index is 1020. The molecule has 2 aliphatic heterocycles. The number of benzene rings is 2. The van der Waals surface area contributed by atoms with Gasteiger partial charge in [0.15, 0.2) is 0 Å². The molecule has 0 aromatic heterocycles. The van der Waals surface area contributed by atoms with Crippen molar-refractivity contribution in [2.24, 2.45) is 0 Å². The number of amides is 1. The molecule has 0 bridgehead atoms. The van der Waals surface area contributed by atoms with E-state index in [1.165, 1.54) is 4.31 Å². The molecule has 7 heteroatoms. The topological polar surface area (TPSA) is 60.9 Å². The highest BCUT2D eigenvalue weighted by molar-refractivity contribution is 7.89. The molecular formula is C23H29N3O3S. The van der Waals surface area contributed by atoms with E-state index >= 15 is 0 Å². The van der Waals surface area contributed by atoms with Crippen LogP contribution < -0.4 is 4.90 Å². The van der Waals surface area contributed by atoms with Crippen LogP contribution in [0.4, 0.5) is 5.69 Å². The third-order valence-electron chi connectivity index (χ3n) is 6.29. The number of rotatable bonds is 4. The zero-order chi connectivity index (χ0) is 21.3. The van der Waals surface area contributed by atoms with Crippen LogP contribution in [-0.2, 0) is 14.8 Å². The second-order valence-corrected chi connectivity index (χ2v) is 10.1. The predicted molar refractivity (Wildman–Crippen MR) is 118 cm³/mol. The van der Waals surface area contributed by atoms with E-state index in [1.54, 1.807) is 12.1 Å². The number of piperazine rings is 1. The van der Waals surface area contributed by atoms with E-state index in [0.717, 1.165) is 29.9 Å². The molecule has 2 aliphatic rings. The molecule has 2 saturated heterocycles. The van der Waals surface area contributed by atoms with Crippen molar-refractivity contribution in [3.8, 4) is 0 Å². The second kappa shape index (κ2) is 8.40. The number of hydrogen-bond donors (Lipinski definition) is 0. The molecule has 2 fully saturated rings. The maximum atomic E-state index is 13.3. The molecule has 2 heterocycles. The Morgan fingerprint density at radius 3 is 2.27 bits per heavy atom. The fraction of sp³-hybridized carbons (Fsp3) is 0.435. The van der Waals surface area contributed by atoms with Crippen LogP contribution in [0, 0.1) is 13.8 Å². The first-order valence-electron chi connectivity index (χ1n) is 10.6. The lowest BCUT2D eigenvalue weighted by molar-refractivity contribution is -0.134. The molecule has 160 valence electrons. The number of sulfonamides is 1. The summed E-state index contributed by atoms with van der Waals surface area (Å²) in [6.07, 6.45) is 1.30. The standard InChI is InChI=1S/C23H29N3O3S/c1-18-10-11-21(17-19(18)2)30(28,29)26-12-6-9-22(26)23(27)25-15-13-24(14-16-25)20-7-4-3-5-8-20/h3-5,7-8,10-11,17,22H,6,9,12-16H2,1-2H3. The zero-order valence-corrected chi connectivity index (χ0v) is 18.4. The van der Waals surface area contributed by atoms with Crippen molar-refractivity contribution < 1.29 is 13.2 Å². The van der Waals surface area contributed by atoms with Crippen LogP contribution in [0.1, 0.15) is 24.0 Å². The Morgan fingerprint density at radius 1 is 0.900 bits per heavy atom. The number of anilines is 1. The third kappa shape index (κ3) is 3.96. The zero-order valence-electron chi connectivity index (χ0n) is 17.6. The van der Waals surface area contributed by atoms with Crippen LogP contribution in [-0.4, -0.2) is 62.3 Å². The number of nitrogens with zero attached hydrogens (tertiary/aromatic N) is 3. The summed E-state index contributed by atoms with van der Waals surface area (Å²) in [4.78, 5) is 17.6. The minimum atomic E-state index is -3.69. The number of carbonyl (C=O) groups is 1. The summed E-state index contributed by atoms with van der Waals surface area (Å²) in [6, 6.07) is 14.8. The van der Waals surface area contributed by atoms with Gasteiger partial charge in [0.25, 0.3) is 0 Å². The van der Waals surface area contributed by atoms with Gasteiger partial charge in [0.2, 0.25) is 15.9 Å². The van der Waals surface area contributed by atoms with Gasteiger partial charge in [0, 0.05) is 38.4 Å². The van der Waals surface area contributed by atoms with Gasteiger partial charge in [-0.1, -0.05) is 24.3 Å². The monoisotopic (exact) mass is 427 g/mol. The molecule has 2 aromatic carbocycles. The van der Waals surface area contributed by atoms with E-state index in [4.69, 9.17) is 0 Å². The van der Waals surface area contributed by atoms with Crippen LogP contribution in [0.3, 0.4) is 0 Å². The van der Waals surface area contributed by atoms with Crippen molar-refractivity contribution in [2.75, 3.05) is 37.6 Å². The molecule has 6 nitrogen and oxygen atoms in total. The van der Waals surface area contributed by atoms with Crippen molar-refractivity contribution in [1.82, 2.24) is 9.21 Å². The minimum Gasteiger partial charge on any atom is -0.368 e. The van der Waals surface area contributed by atoms with Crippen LogP contribution in [0.5, 0.6) is 0 Å². The van der Waals surface area contributed by atoms with E-state index < -0.39 is 16.1 Å². The predicted octanol–water partition coefficient (Wildman–Crippen LogP) is 2.81. The molecule has 0 N–H and O–H groups in total. The molecule has 0 aliphatic carbocycles. The van der Waals surface area contributed by atoms with Crippen LogP contribution in [0.15, 0.2) is 53.4 Å². The highest BCUT2D eigenvalue weighted by Gasteiger charge is 2.41. The second-order valence-electron chi connectivity index (χ2n) is 8.17. The third-order valence-corrected chi connectivity index (χ3v) is 8.19. The molecule has 1 amide bonds. The van der Waals surface area contributed by atoms with Gasteiger partial charge in [-0.05, 0) is 62.1 Å². The summed E-state index contributed by atoms with van der Waals surface area (Å²) in [7, 11) is -3.69. The Labute approximate surface area is 179 Å². The molecule has 2 aromatic rings. The molecular weight excluding hydrogens is 398 g/mol. The Balaban J connectivity index is 1.47. The molecule has 0 radical (unpaired) electrons. The minimum absolute atomic E-state index is 0.0624. The lowest BCUT2D eigenvalue weighted by Crippen LogP contribution is -2.54. The Kier molecular flexibility index (Phi) is 5.84. The molecule has 4 rings (SSSR count). The first-order chi connectivity index (χ1) is 14.4. The van der Waals surface area contributed by atoms with Crippen LogP contribution >= 0.6 is 0 Å². The fourth-order valence-electron chi connectivity index (χ4n) is 4.32. The summed E-state index contributed by atoms with van der Waals surface area (Å²) in [5.74, 6) is -0.0624. The summed E-state index contributed by atoms with van der Waals surface area (Å²) in [5.41, 5.74) is 3.15. The average molecular weight is 428 g/mol. The van der Waals surface area contributed by atoms with Gasteiger partial charge < -0.3 is 9.80 Å². The van der Waals surface area contributed by atoms with Crippen molar-refractivity contribution in [1.29, 1.82) is 0 Å². The van der Waals surface area contributed by atoms with E-state index in [2.05, 4.69) is 17.0 Å². The van der Waals surface area contributed by atoms with Gasteiger partial charge in [0.1, 0.15) is 6.04 Å². The lowest BCUT2D eigenvalue weighted by atomic mass is 10.1. The van der Waals surface area contributed by atoms with Crippen molar-refractivity contribution in [2.45, 2.75) is 37.6 Å². The van der Waals surface area contributed by atoms with E-state index in [-0.39, 0.29) is 10.8 Å². The Hall–Kier alpha value is -2.38. The first-order valence-corrected chi connectivity index (χ1v) is 12.0. The highest BCUT2D eigenvalue weighted by Crippen LogP contribution is 2.29. The first kappa shape index (κ1) is 20.9. The SMILES string of the molecule is Cc1ccc(S(=O)(=O)N2CCCC2C(=O)N2CCN(c3ccccc3)CC2)cc1C. The van der Waals surface area contributed by atoms with Crippen molar-refractivity contribution in [3.63, 3.8) is 0 Å². The smallest absolute Gasteiger partial charge is 0.243 e. The van der Waals surface area contributed by atoms with Crippen molar-refractivity contribution in [3.05, 3.63) is 59.7 Å². The van der Waals surface area contributed by atoms with Gasteiger partial charge in [0.05, 0.1) is 4.90 Å². The van der Waals surface area contributed by atoms with Crippen molar-refractivity contribution >= 4 is 21.6 Å². The van der Waals surface area contributed by atoms with Gasteiger partial charge >= 0.3 is 0 Å². The van der Waals surface area contributed by atoms with Gasteiger partial charge in [-0.3, -0.25) is 4.79 Å². The fourth-order valence-corrected chi connectivity index (χ4v) is 6.06. The van der Waals surface area contributed by atoms with E-state index in [0.29, 0.717) is 32.5 Å². The molecule has 30 heavy (non-hydrogen) atoms. The van der Waals surface area contributed by atoms with Gasteiger partial charge in [-0.15, -0.1) is 0 Å². The van der Waals surface area contributed by atoms with Gasteiger partial charge in [-0.25, -0.2) is 8.42 Å². The average Bonchev–Trinajstić information content (AvgIpc) is 3.27. The number of hydrogen-bond acceptors (Lipinski definition) is 4. The van der Waals surface area contributed by atoms with E-state index in [9.17, 15) is 13.2 Å². The summed E-state index contributed by atoms with van der Waals surface area (Å²) >= 11 is 0. The number of aryl methyl sites for hydroxylation is 2. The number of para-hydroxylation sites is 1. The summed E-state index contributed by atoms with van der Waals surface area (Å²) in [5, 5.41) is 0. The normalized spacial score (nSPS) is 20.5. The molecule has 0 spiro atoms. The highest BCUT2D eigenvalue weighted by atomic mass is 32.2. The van der Waals surface area contributed by atoms with Crippen LogP contribution in [0.25, 0.3) is 0 Å². The molecule has 1 unspecified atom stereocenters. The number of carbonyl (C=O) groups excluding carboxylic acids is 1. The van der Waals surface area contributed by atoms with Crippen LogP contribution in [0.2, 0.25) is 0 Å². The maximum absolute atomic E-state index is 13.3. The summed E-state index contributed by atoms with van der Waals surface area (Å²) in [6.45, 7) is 7.01. The quantitative estimate of drug-likeness (QED) is 0.753. The maximum Gasteiger partial charge on any atom is 0.243 e. The molecule has 0 saturated carbocycles. The lowest BCUT2D eigenvalue weighted by Gasteiger charge is -2.38.